The molecule has 0 atom stereocenters. The van der Waals surface area contributed by atoms with Crippen LogP contribution in [0.15, 0.2) is 0 Å². The molecule has 0 aromatic heterocycles. The highest BCUT2D eigenvalue weighted by Crippen LogP contribution is 2.33. The largest absolute Gasteiger partial charge is 0.481 e. The second kappa shape index (κ2) is 6.12. The number of likely N-dealkylation sites (N-methyl/N-ethyl adjacent to an activating group) is 1. The summed E-state index contributed by atoms with van der Waals surface area (Å²) in [6, 6.07) is 0. The Hall–Kier alpha value is -1.10. The van der Waals surface area contributed by atoms with Crippen LogP contribution in [0, 0.1) is 11.8 Å². The molecule has 0 saturated heterocycles. The molecule has 2 aliphatic rings. The lowest BCUT2D eigenvalue weighted by atomic mass is 9.81. The van der Waals surface area contributed by atoms with Crippen molar-refractivity contribution in [2.24, 2.45) is 11.8 Å². The topological polar surface area (TPSA) is 77.8 Å². The van der Waals surface area contributed by atoms with E-state index >= 15 is 0 Å². The van der Waals surface area contributed by atoms with Crippen molar-refractivity contribution in [1.29, 1.82) is 0 Å². The molecule has 2 saturated carbocycles. The van der Waals surface area contributed by atoms with Crippen LogP contribution in [0.4, 0.5) is 0 Å². The Labute approximate surface area is 120 Å². The molecular weight excluding hydrogens is 258 g/mol. The number of hydrogen-bond acceptors (Lipinski definition) is 3. The van der Waals surface area contributed by atoms with Crippen molar-refractivity contribution in [3.63, 3.8) is 0 Å². The minimum Gasteiger partial charge on any atom is -0.481 e. The van der Waals surface area contributed by atoms with Crippen molar-refractivity contribution in [3.05, 3.63) is 0 Å². The summed E-state index contributed by atoms with van der Waals surface area (Å²) in [5, 5.41) is 19.3. The predicted molar refractivity (Wildman–Crippen MR) is 74.1 cm³/mol. The van der Waals surface area contributed by atoms with E-state index in [1.54, 1.807) is 11.9 Å². The van der Waals surface area contributed by atoms with Crippen molar-refractivity contribution in [2.75, 3.05) is 13.6 Å². The summed E-state index contributed by atoms with van der Waals surface area (Å²) >= 11 is 0. The Morgan fingerprint density at radius 3 is 2.10 bits per heavy atom. The number of carbonyl (C=O) groups is 2. The van der Waals surface area contributed by atoms with Gasteiger partial charge in [-0.3, -0.25) is 9.59 Å². The third-order valence-electron chi connectivity index (χ3n) is 4.87. The summed E-state index contributed by atoms with van der Waals surface area (Å²) in [6.45, 7) is 0.407. The number of aliphatic hydroxyl groups is 1. The highest BCUT2D eigenvalue weighted by atomic mass is 16.4. The summed E-state index contributed by atoms with van der Waals surface area (Å²) in [4.78, 5) is 24.9. The van der Waals surface area contributed by atoms with Crippen LogP contribution >= 0.6 is 0 Å². The smallest absolute Gasteiger partial charge is 0.306 e. The highest BCUT2D eigenvalue weighted by Gasteiger charge is 2.36. The first-order chi connectivity index (χ1) is 9.41. The van der Waals surface area contributed by atoms with Gasteiger partial charge in [0.15, 0.2) is 0 Å². The van der Waals surface area contributed by atoms with Crippen LogP contribution in [0.5, 0.6) is 0 Å². The number of hydrogen-bond donors (Lipinski definition) is 2. The molecule has 0 radical (unpaired) electrons. The average Bonchev–Trinajstić information content (AvgIpc) is 2.84. The summed E-state index contributed by atoms with van der Waals surface area (Å²) in [5.74, 6) is -1.04. The molecule has 5 nitrogen and oxygen atoms in total. The van der Waals surface area contributed by atoms with Crippen molar-refractivity contribution in [2.45, 2.75) is 57.0 Å². The van der Waals surface area contributed by atoms with Crippen molar-refractivity contribution >= 4 is 11.9 Å². The molecule has 2 aliphatic carbocycles. The maximum atomic E-state index is 12.4. The van der Waals surface area contributed by atoms with Crippen molar-refractivity contribution in [1.82, 2.24) is 4.90 Å². The van der Waals surface area contributed by atoms with E-state index in [0.29, 0.717) is 32.2 Å². The molecule has 2 fully saturated rings. The molecule has 0 aliphatic heterocycles. The molecule has 0 aromatic rings. The van der Waals surface area contributed by atoms with Crippen LogP contribution in [-0.2, 0) is 9.59 Å². The number of carboxylic acid groups (broad SMARTS) is 1. The van der Waals surface area contributed by atoms with Gasteiger partial charge in [0.05, 0.1) is 11.5 Å². The quantitative estimate of drug-likeness (QED) is 0.822. The van der Waals surface area contributed by atoms with Crippen LogP contribution in [-0.4, -0.2) is 46.2 Å². The lowest BCUT2D eigenvalue weighted by Gasteiger charge is -2.33. The van der Waals surface area contributed by atoms with Crippen molar-refractivity contribution < 1.29 is 19.8 Å². The van der Waals surface area contributed by atoms with E-state index in [4.69, 9.17) is 5.11 Å². The van der Waals surface area contributed by atoms with Crippen LogP contribution in [0.25, 0.3) is 0 Å². The fraction of sp³-hybridized carbons (Fsp3) is 0.867. The van der Waals surface area contributed by atoms with Gasteiger partial charge in [-0.2, -0.15) is 0 Å². The zero-order valence-electron chi connectivity index (χ0n) is 12.2. The Bertz CT molecular complexity index is 368. The van der Waals surface area contributed by atoms with E-state index in [0.717, 1.165) is 25.7 Å². The maximum Gasteiger partial charge on any atom is 0.306 e. The summed E-state index contributed by atoms with van der Waals surface area (Å²) in [6.07, 6.45) is 6.09. The molecule has 0 unspecified atom stereocenters. The van der Waals surface area contributed by atoms with Crippen molar-refractivity contribution in [3.8, 4) is 0 Å². The minimum absolute atomic E-state index is 0.0640. The van der Waals surface area contributed by atoms with E-state index in [1.807, 2.05) is 0 Å². The van der Waals surface area contributed by atoms with Gasteiger partial charge in [0.2, 0.25) is 5.91 Å². The number of carbonyl (C=O) groups excluding carboxylic acids is 1. The van der Waals surface area contributed by atoms with Gasteiger partial charge < -0.3 is 15.1 Å². The summed E-state index contributed by atoms with van der Waals surface area (Å²) < 4.78 is 0. The molecule has 5 heteroatoms. The number of carboxylic acids is 1. The van der Waals surface area contributed by atoms with Crippen LogP contribution in [0.3, 0.4) is 0 Å². The van der Waals surface area contributed by atoms with Gasteiger partial charge in [-0.1, -0.05) is 12.8 Å². The average molecular weight is 283 g/mol. The summed E-state index contributed by atoms with van der Waals surface area (Å²) in [5.41, 5.74) is -0.706. The van der Waals surface area contributed by atoms with Gasteiger partial charge in [0.25, 0.3) is 0 Å². The maximum absolute atomic E-state index is 12.4. The number of nitrogens with zero attached hydrogens (tertiary/aromatic N) is 1. The molecule has 20 heavy (non-hydrogen) atoms. The normalized spacial score (nSPS) is 29.1. The van der Waals surface area contributed by atoms with Gasteiger partial charge in [0.1, 0.15) is 0 Å². The van der Waals surface area contributed by atoms with Gasteiger partial charge in [-0.25, -0.2) is 0 Å². The molecule has 114 valence electrons. The second-order valence-electron chi connectivity index (χ2n) is 6.51. The number of aliphatic carboxylic acids is 1. The van der Waals surface area contributed by atoms with Crippen LogP contribution < -0.4 is 0 Å². The number of rotatable bonds is 4. The predicted octanol–water partition coefficient (Wildman–Crippen LogP) is 1.64. The molecule has 2 rings (SSSR count). The first-order valence-corrected chi connectivity index (χ1v) is 7.61. The fourth-order valence-corrected chi connectivity index (χ4v) is 3.61. The lowest BCUT2D eigenvalue weighted by molar-refractivity contribution is -0.146. The Balaban J connectivity index is 1.83. The van der Waals surface area contributed by atoms with E-state index in [-0.39, 0.29) is 17.7 Å². The number of amides is 1. The van der Waals surface area contributed by atoms with Gasteiger partial charge in [-0.05, 0) is 38.5 Å². The molecule has 0 spiro atoms. The van der Waals surface area contributed by atoms with Crippen LogP contribution in [0.2, 0.25) is 0 Å². The summed E-state index contributed by atoms with van der Waals surface area (Å²) in [7, 11) is 1.75. The second-order valence-corrected chi connectivity index (χ2v) is 6.51. The monoisotopic (exact) mass is 283 g/mol. The van der Waals surface area contributed by atoms with Gasteiger partial charge in [0, 0.05) is 19.5 Å². The molecule has 0 aromatic carbocycles. The fourth-order valence-electron chi connectivity index (χ4n) is 3.61. The van der Waals surface area contributed by atoms with E-state index in [9.17, 15) is 14.7 Å². The Morgan fingerprint density at radius 2 is 1.60 bits per heavy atom. The molecule has 2 N–H and O–H groups in total. The molecule has 0 bridgehead atoms. The van der Waals surface area contributed by atoms with E-state index in [1.165, 1.54) is 0 Å². The third kappa shape index (κ3) is 3.51. The molecule has 1 amide bonds. The first-order valence-electron chi connectivity index (χ1n) is 7.61. The standard InChI is InChI=1S/C15H25NO4/c1-16(10-15(20)8-2-3-9-15)13(17)11-4-6-12(7-5-11)14(18)19/h11-12,20H,2-10H2,1H3,(H,18,19). The Morgan fingerprint density at radius 1 is 1.10 bits per heavy atom. The van der Waals surface area contributed by atoms with Gasteiger partial charge >= 0.3 is 5.97 Å². The first kappa shape index (κ1) is 15.3. The van der Waals surface area contributed by atoms with Gasteiger partial charge in [-0.15, -0.1) is 0 Å². The van der Waals surface area contributed by atoms with Crippen LogP contribution in [0.1, 0.15) is 51.4 Å². The zero-order valence-corrected chi connectivity index (χ0v) is 12.2. The Kier molecular flexibility index (Phi) is 4.68. The molecule has 0 heterocycles. The minimum atomic E-state index is -0.746. The van der Waals surface area contributed by atoms with E-state index < -0.39 is 11.6 Å². The molecular formula is C15H25NO4. The third-order valence-corrected chi connectivity index (χ3v) is 4.87. The highest BCUT2D eigenvalue weighted by molar-refractivity contribution is 5.79. The lowest BCUT2D eigenvalue weighted by Crippen LogP contribution is -2.44. The zero-order chi connectivity index (χ0) is 14.8. The SMILES string of the molecule is CN(CC1(O)CCCC1)C(=O)C1CCC(C(=O)O)CC1. The van der Waals surface area contributed by atoms with E-state index in [2.05, 4.69) is 0 Å².